The number of halogens is 2. The first-order valence-electron chi connectivity index (χ1n) is 9.61. The van der Waals surface area contributed by atoms with Gasteiger partial charge in [-0.1, -0.05) is 13.8 Å². The number of piperidine rings is 1. The third-order valence-electron chi connectivity index (χ3n) is 4.51. The summed E-state index contributed by atoms with van der Waals surface area (Å²) in [4.78, 5) is 26.1. The first-order chi connectivity index (χ1) is 12.9. The van der Waals surface area contributed by atoms with E-state index >= 15 is 0 Å². The van der Waals surface area contributed by atoms with E-state index in [1.807, 2.05) is 13.8 Å². The molecule has 1 aliphatic heterocycles. The zero-order valence-electron chi connectivity index (χ0n) is 16.6. The summed E-state index contributed by atoms with van der Waals surface area (Å²) in [6.07, 6.45) is 2.83. The number of nitrogens with zero attached hydrogens (tertiary/aromatic N) is 1. The van der Waals surface area contributed by atoms with Gasteiger partial charge in [0.05, 0.1) is 11.8 Å². The van der Waals surface area contributed by atoms with Crippen molar-refractivity contribution in [1.29, 1.82) is 0 Å². The zero-order chi connectivity index (χ0) is 19.8. The largest absolute Gasteiger partial charge is 0.378 e. The number of rotatable bonds is 8. The summed E-state index contributed by atoms with van der Waals surface area (Å²) in [5.74, 6) is -0.844. The molecule has 1 aromatic rings. The van der Waals surface area contributed by atoms with Crippen LogP contribution in [0.2, 0.25) is 0 Å². The summed E-state index contributed by atoms with van der Waals surface area (Å²) >= 11 is 0. The molecule has 2 rings (SSSR count). The van der Waals surface area contributed by atoms with Crippen molar-refractivity contribution >= 4 is 29.9 Å². The van der Waals surface area contributed by atoms with Crippen LogP contribution in [0.3, 0.4) is 0 Å². The molecule has 0 aliphatic carbocycles. The van der Waals surface area contributed by atoms with E-state index in [9.17, 15) is 14.0 Å². The molecule has 158 valence electrons. The number of anilines is 1. The van der Waals surface area contributed by atoms with Gasteiger partial charge in [-0.15, -0.1) is 12.4 Å². The fraction of sp³-hybridized carbons (Fsp3) is 0.600. The number of amides is 2. The second-order valence-electron chi connectivity index (χ2n) is 7.35. The van der Waals surface area contributed by atoms with Crippen molar-refractivity contribution < 1.29 is 18.7 Å². The van der Waals surface area contributed by atoms with Crippen LogP contribution in [0.4, 0.5) is 10.1 Å². The Labute approximate surface area is 172 Å². The summed E-state index contributed by atoms with van der Waals surface area (Å²) < 4.78 is 20.0. The van der Waals surface area contributed by atoms with Gasteiger partial charge < -0.3 is 20.7 Å². The smallest absolute Gasteiger partial charge is 0.253 e. The number of carbonyl (C=O) groups is 2. The zero-order valence-corrected chi connectivity index (χ0v) is 17.4. The highest BCUT2D eigenvalue weighted by molar-refractivity contribution is 5.96. The van der Waals surface area contributed by atoms with Crippen molar-refractivity contribution in [3.05, 3.63) is 29.6 Å². The van der Waals surface area contributed by atoms with Crippen LogP contribution < -0.4 is 11.1 Å². The van der Waals surface area contributed by atoms with Gasteiger partial charge in [-0.2, -0.15) is 0 Å². The Morgan fingerprint density at radius 3 is 2.57 bits per heavy atom. The molecule has 1 aromatic carbocycles. The standard InChI is InChI=1S/C20H30FN3O3.ClH/c1-14(2)12-19(25)23-18-5-4-15(13-17(18)21)20(26)24-9-6-16(7-10-24)27-11-3-8-22;/h4-5,13-14,16H,3,6-12,22H2,1-2H3,(H,23,25);1H. The van der Waals surface area contributed by atoms with Gasteiger partial charge in [-0.05, 0) is 49.9 Å². The number of hydrogen-bond acceptors (Lipinski definition) is 4. The molecule has 1 saturated heterocycles. The van der Waals surface area contributed by atoms with E-state index in [-0.39, 0.29) is 47.5 Å². The summed E-state index contributed by atoms with van der Waals surface area (Å²) in [5.41, 5.74) is 5.84. The minimum absolute atomic E-state index is 0. The predicted octanol–water partition coefficient (Wildman–Crippen LogP) is 3.20. The highest BCUT2D eigenvalue weighted by atomic mass is 35.5. The lowest BCUT2D eigenvalue weighted by molar-refractivity contribution is -0.116. The van der Waals surface area contributed by atoms with Gasteiger partial charge in [0.15, 0.2) is 0 Å². The molecule has 28 heavy (non-hydrogen) atoms. The topological polar surface area (TPSA) is 84.7 Å². The van der Waals surface area contributed by atoms with Crippen LogP contribution in [-0.2, 0) is 9.53 Å². The molecule has 3 N–H and O–H groups in total. The monoisotopic (exact) mass is 415 g/mol. The average molecular weight is 416 g/mol. The van der Waals surface area contributed by atoms with Crippen LogP contribution in [-0.4, -0.2) is 49.1 Å². The van der Waals surface area contributed by atoms with Gasteiger partial charge in [0.1, 0.15) is 5.82 Å². The molecule has 6 nitrogen and oxygen atoms in total. The number of carbonyl (C=O) groups excluding carboxylic acids is 2. The normalized spacial score (nSPS) is 14.7. The van der Waals surface area contributed by atoms with Crippen molar-refractivity contribution in [3.63, 3.8) is 0 Å². The Kier molecular flexibility index (Phi) is 10.4. The maximum Gasteiger partial charge on any atom is 0.253 e. The second kappa shape index (κ2) is 12.0. The molecule has 2 amide bonds. The fourth-order valence-corrected chi connectivity index (χ4v) is 3.06. The Morgan fingerprint density at radius 2 is 2.00 bits per heavy atom. The third-order valence-corrected chi connectivity index (χ3v) is 4.51. The Hall–Kier alpha value is -1.70. The predicted molar refractivity (Wildman–Crippen MR) is 110 cm³/mol. The van der Waals surface area contributed by atoms with Gasteiger partial charge in [0, 0.05) is 31.7 Å². The third kappa shape index (κ3) is 7.37. The number of likely N-dealkylation sites (tertiary alicyclic amines) is 1. The SMILES string of the molecule is CC(C)CC(=O)Nc1ccc(C(=O)N2CCC(OCCCN)CC2)cc1F.Cl. The molecule has 1 aliphatic rings. The van der Waals surface area contributed by atoms with Gasteiger partial charge in [-0.25, -0.2) is 4.39 Å². The first kappa shape index (κ1) is 24.3. The molecule has 0 aromatic heterocycles. The Balaban J connectivity index is 0.00000392. The van der Waals surface area contributed by atoms with Gasteiger partial charge in [0.2, 0.25) is 5.91 Å². The summed E-state index contributed by atoms with van der Waals surface area (Å²) in [5, 5.41) is 2.55. The molecular formula is C20H31ClFN3O3. The van der Waals surface area contributed by atoms with Crippen molar-refractivity contribution in [2.75, 3.05) is 31.6 Å². The lowest BCUT2D eigenvalue weighted by Crippen LogP contribution is -2.41. The van der Waals surface area contributed by atoms with E-state index in [1.165, 1.54) is 12.1 Å². The van der Waals surface area contributed by atoms with Gasteiger partial charge in [0.25, 0.3) is 5.91 Å². The molecule has 1 fully saturated rings. The summed E-state index contributed by atoms with van der Waals surface area (Å²) in [6.45, 7) is 6.26. The minimum Gasteiger partial charge on any atom is -0.378 e. The highest BCUT2D eigenvalue weighted by Crippen LogP contribution is 2.20. The number of ether oxygens (including phenoxy) is 1. The molecule has 0 unspecified atom stereocenters. The maximum absolute atomic E-state index is 14.3. The lowest BCUT2D eigenvalue weighted by Gasteiger charge is -2.32. The molecule has 0 saturated carbocycles. The van der Waals surface area contributed by atoms with E-state index in [1.54, 1.807) is 11.0 Å². The highest BCUT2D eigenvalue weighted by Gasteiger charge is 2.24. The van der Waals surface area contributed by atoms with Crippen LogP contribution in [0, 0.1) is 11.7 Å². The van der Waals surface area contributed by atoms with Crippen LogP contribution in [0.15, 0.2) is 18.2 Å². The quantitative estimate of drug-likeness (QED) is 0.638. The average Bonchev–Trinajstić information content (AvgIpc) is 2.63. The number of hydrogen-bond donors (Lipinski definition) is 2. The van der Waals surface area contributed by atoms with Crippen molar-refractivity contribution in [2.24, 2.45) is 11.7 Å². The van der Waals surface area contributed by atoms with Crippen LogP contribution >= 0.6 is 12.4 Å². The molecule has 0 atom stereocenters. The molecule has 0 bridgehead atoms. The Bertz CT molecular complexity index is 650. The lowest BCUT2D eigenvalue weighted by atomic mass is 10.1. The van der Waals surface area contributed by atoms with Crippen molar-refractivity contribution in [3.8, 4) is 0 Å². The van der Waals surface area contributed by atoms with E-state index in [0.29, 0.717) is 32.7 Å². The van der Waals surface area contributed by atoms with Crippen molar-refractivity contribution in [1.82, 2.24) is 4.90 Å². The van der Waals surface area contributed by atoms with E-state index < -0.39 is 5.82 Å². The first-order valence-corrected chi connectivity index (χ1v) is 9.61. The van der Waals surface area contributed by atoms with Gasteiger partial charge in [-0.3, -0.25) is 9.59 Å². The number of nitrogens with two attached hydrogens (primary N) is 1. The fourth-order valence-electron chi connectivity index (χ4n) is 3.06. The molecule has 8 heteroatoms. The summed E-state index contributed by atoms with van der Waals surface area (Å²) in [6, 6.07) is 4.20. The minimum atomic E-state index is -0.599. The molecule has 0 radical (unpaired) electrons. The van der Waals surface area contributed by atoms with Crippen molar-refractivity contribution in [2.45, 2.75) is 45.6 Å². The second-order valence-corrected chi connectivity index (χ2v) is 7.35. The molecule has 1 heterocycles. The van der Waals surface area contributed by atoms with Gasteiger partial charge >= 0.3 is 0 Å². The van der Waals surface area contributed by atoms with E-state index in [2.05, 4.69) is 5.32 Å². The van der Waals surface area contributed by atoms with Crippen LogP contribution in [0.25, 0.3) is 0 Å². The number of nitrogens with one attached hydrogen (secondary N) is 1. The van der Waals surface area contributed by atoms with Crippen LogP contribution in [0.1, 0.15) is 49.9 Å². The Morgan fingerprint density at radius 1 is 1.32 bits per heavy atom. The molecular weight excluding hydrogens is 385 g/mol. The maximum atomic E-state index is 14.3. The van der Waals surface area contributed by atoms with E-state index in [4.69, 9.17) is 10.5 Å². The summed E-state index contributed by atoms with van der Waals surface area (Å²) in [7, 11) is 0. The molecule has 0 spiro atoms. The number of benzene rings is 1. The van der Waals surface area contributed by atoms with E-state index in [0.717, 1.165) is 19.3 Å². The van der Waals surface area contributed by atoms with Crippen LogP contribution in [0.5, 0.6) is 0 Å².